The number of hydrogen-bond donors (Lipinski definition) is 3. The SMILES string of the molecule is COc1ccc(C(=O)Nc2ccc(F)c([C@]3(C)CS(=O)(=O)C4(CN(c5ccc([N+](=O)[O-])cc5)C4)C(=N)N3)c2)nc1. The summed E-state index contributed by atoms with van der Waals surface area (Å²) in [7, 11) is -2.50. The number of methoxy groups -OCH3 is 1. The van der Waals surface area contributed by atoms with E-state index in [1.807, 2.05) is 0 Å². The van der Waals surface area contributed by atoms with Gasteiger partial charge in [0.05, 0.1) is 29.5 Å². The van der Waals surface area contributed by atoms with Crippen LogP contribution in [-0.2, 0) is 15.4 Å². The molecule has 2 aromatic carbocycles. The zero-order valence-corrected chi connectivity index (χ0v) is 22.3. The number of amidine groups is 1. The second-order valence-electron chi connectivity index (χ2n) is 9.95. The molecule has 3 heterocycles. The maximum atomic E-state index is 15.1. The Morgan fingerprint density at radius 1 is 1.20 bits per heavy atom. The normalized spacial score (nSPS) is 20.8. The number of hydrogen-bond acceptors (Lipinski definition) is 9. The Labute approximate surface area is 228 Å². The van der Waals surface area contributed by atoms with E-state index < -0.39 is 42.5 Å². The van der Waals surface area contributed by atoms with Gasteiger partial charge in [0.25, 0.3) is 11.6 Å². The number of pyridine rings is 1. The Kier molecular flexibility index (Phi) is 6.45. The van der Waals surface area contributed by atoms with Gasteiger partial charge in [-0.2, -0.15) is 0 Å². The third-order valence-electron chi connectivity index (χ3n) is 7.27. The average Bonchev–Trinajstić information content (AvgIpc) is 2.88. The van der Waals surface area contributed by atoms with Crippen LogP contribution in [0.3, 0.4) is 0 Å². The fraction of sp³-hybridized carbons (Fsp3) is 0.269. The van der Waals surface area contributed by atoms with E-state index in [9.17, 15) is 23.3 Å². The molecule has 40 heavy (non-hydrogen) atoms. The smallest absolute Gasteiger partial charge is 0.274 e. The van der Waals surface area contributed by atoms with Gasteiger partial charge in [0.2, 0.25) is 0 Å². The predicted molar refractivity (Wildman–Crippen MR) is 145 cm³/mol. The number of ether oxygens (including phenoxy) is 1. The lowest BCUT2D eigenvalue weighted by atomic mass is 9.88. The Morgan fingerprint density at radius 3 is 2.48 bits per heavy atom. The first kappa shape index (κ1) is 27.0. The van der Waals surface area contributed by atoms with Gasteiger partial charge in [0, 0.05) is 42.2 Å². The lowest BCUT2D eigenvalue weighted by Gasteiger charge is -2.55. The molecular weight excluding hydrogens is 543 g/mol. The molecule has 0 unspecified atom stereocenters. The van der Waals surface area contributed by atoms with E-state index in [-0.39, 0.29) is 41.6 Å². The molecule has 3 N–H and O–H groups in total. The summed E-state index contributed by atoms with van der Waals surface area (Å²) in [6.07, 6.45) is 1.38. The molecule has 0 radical (unpaired) electrons. The van der Waals surface area contributed by atoms with Gasteiger partial charge >= 0.3 is 0 Å². The number of non-ortho nitro benzene ring substituents is 1. The molecule has 2 aliphatic heterocycles. The van der Waals surface area contributed by atoms with E-state index in [0.717, 1.165) is 6.07 Å². The first-order valence-electron chi connectivity index (χ1n) is 12.1. The largest absolute Gasteiger partial charge is 0.495 e. The molecule has 5 rings (SSSR count). The molecule has 2 saturated heterocycles. The van der Waals surface area contributed by atoms with Crippen LogP contribution >= 0.6 is 0 Å². The van der Waals surface area contributed by atoms with Crippen LogP contribution in [0.1, 0.15) is 23.0 Å². The minimum Gasteiger partial charge on any atom is -0.495 e. The van der Waals surface area contributed by atoms with E-state index in [0.29, 0.717) is 11.4 Å². The number of rotatable bonds is 6. The number of benzene rings is 2. The molecule has 2 fully saturated rings. The number of carbonyl (C=O) groups is 1. The van der Waals surface area contributed by atoms with Crippen molar-refractivity contribution in [1.29, 1.82) is 5.41 Å². The molecular formula is C26H25FN6O6S. The zero-order valence-electron chi connectivity index (χ0n) is 21.5. The number of nitro groups is 1. The fourth-order valence-electron chi connectivity index (χ4n) is 4.99. The number of nitrogens with zero attached hydrogens (tertiary/aromatic N) is 3. The Balaban J connectivity index is 1.35. The summed E-state index contributed by atoms with van der Waals surface area (Å²) in [5.74, 6) is -1.54. The van der Waals surface area contributed by atoms with Gasteiger partial charge in [-0.1, -0.05) is 0 Å². The highest BCUT2D eigenvalue weighted by Crippen LogP contribution is 2.42. The number of aromatic nitrogens is 1. The average molecular weight is 569 g/mol. The monoisotopic (exact) mass is 568 g/mol. The molecule has 1 spiro atoms. The zero-order chi connectivity index (χ0) is 28.9. The quantitative estimate of drug-likeness (QED) is 0.299. The van der Waals surface area contributed by atoms with E-state index in [1.54, 1.807) is 11.0 Å². The van der Waals surface area contributed by atoms with E-state index in [2.05, 4.69) is 15.6 Å². The Hall–Kier alpha value is -4.59. The van der Waals surface area contributed by atoms with Gasteiger partial charge in [-0.25, -0.2) is 17.8 Å². The lowest BCUT2D eigenvalue weighted by molar-refractivity contribution is -0.384. The van der Waals surface area contributed by atoms with Gasteiger partial charge in [0.15, 0.2) is 14.6 Å². The van der Waals surface area contributed by atoms with Crippen molar-refractivity contribution < 1.29 is 27.3 Å². The number of anilines is 2. The van der Waals surface area contributed by atoms with Crippen molar-refractivity contribution in [2.45, 2.75) is 17.2 Å². The molecule has 14 heteroatoms. The Bertz CT molecular complexity index is 1620. The van der Waals surface area contributed by atoms with Crippen molar-refractivity contribution in [3.05, 3.63) is 88.0 Å². The van der Waals surface area contributed by atoms with Crippen molar-refractivity contribution in [3.8, 4) is 5.75 Å². The number of sulfone groups is 1. The molecule has 1 atom stereocenters. The topological polar surface area (TPSA) is 168 Å². The minimum absolute atomic E-state index is 0.0253. The first-order valence-corrected chi connectivity index (χ1v) is 13.7. The van der Waals surface area contributed by atoms with Crippen LogP contribution in [0.2, 0.25) is 0 Å². The van der Waals surface area contributed by atoms with Crippen LogP contribution in [0.5, 0.6) is 5.75 Å². The molecule has 3 aromatic rings. The summed E-state index contributed by atoms with van der Waals surface area (Å²) >= 11 is 0. The summed E-state index contributed by atoms with van der Waals surface area (Å²) in [5.41, 5.74) is -0.689. The molecule has 1 amide bonds. The van der Waals surface area contributed by atoms with Gasteiger partial charge in [-0.05, 0) is 49.4 Å². The van der Waals surface area contributed by atoms with Crippen molar-refractivity contribution in [1.82, 2.24) is 10.3 Å². The van der Waals surface area contributed by atoms with E-state index in [1.165, 1.54) is 62.7 Å². The molecule has 1 aromatic heterocycles. The maximum Gasteiger partial charge on any atom is 0.274 e. The molecule has 0 aliphatic carbocycles. The molecule has 2 aliphatic rings. The number of carbonyl (C=O) groups excluding carboxylic acids is 1. The summed E-state index contributed by atoms with van der Waals surface area (Å²) in [4.78, 5) is 28.8. The van der Waals surface area contributed by atoms with Crippen molar-refractivity contribution in [2.24, 2.45) is 0 Å². The first-order chi connectivity index (χ1) is 18.9. The van der Waals surface area contributed by atoms with E-state index >= 15 is 4.39 Å². The standard InChI is InChI=1S/C26H25FN6O6S/c1-25(20-11-16(3-9-21(20)27)30-23(34)22-10-8-19(39-2)12-29-22)15-40(37,38)26(24(28)31-25)13-32(14-26)17-4-6-18(7-5-17)33(35)36/h3-12H,13-15H2,1-2H3,(H2,28,31)(H,30,34)/t25-/m0/s1. The van der Waals surface area contributed by atoms with Gasteiger partial charge < -0.3 is 20.3 Å². The molecule has 0 saturated carbocycles. The summed E-state index contributed by atoms with van der Waals surface area (Å²) in [6, 6.07) is 12.6. The fourth-order valence-corrected chi connectivity index (χ4v) is 7.33. The molecule has 0 bridgehead atoms. The van der Waals surface area contributed by atoms with Crippen LogP contribution in [-0.4, -0.2) is 60.8 Å². The third-order valence-corrected chi connectivity index (χ3v) is 9.88. The summed E-state index contributed by atoms with van der Waals surface area (Å²) in [5, 5.41) is 25.1. The minimum atomic E-state index is -3.97. The van der Waals surface area contributed by atoms with Crippen molar-refractivity contribution in [2.75, 3.05) is 36.2 Å². The lowest BCUT2D eigenvalue weighted by Crippen LogP contribution is -2.78. The second-order valence-corrected chi connectivity index (χ2v) is 12.2. The molecule has 12 nitrogen and oxygen atoms in total. The number of nitro benzene ring substituents is 1. The van der Waals surface area contributed by atoms with Crippen molar-refractivity contribution in [3.63, 3.8) is 0 Å². The van der Waals surface area contributed by atoms with E-state index in [4.69, 9.17) is 10.1 Å². The maximum absolute atomic E-state index is 15.1. The summed E-state index contributed by atoms with van der Waals surface area (Å²) < 4.78 is 45.8. The molecule has 208 valence electrons. The van der Waals surface area contributed by atoms with Gasteiger partial charge in [-0.15, -0.1) is 0 Å². The predicted octanol–water partition coefficient (Wildman–Crippen LogP) is 2.86. The number of nitrogens with one attached hydrogen (secondary N) is 3. The summed E-state index contributed by atoms with van der Waals surface area (Å²) in [6.45, 7) is 1.44. The Morgan fingerprint density at radius 2 is 1.90 bits per heavy atom. The van der Waals surface area contributed by atoms with Crippen LogP contribution in [0.15, 0.2) is 60.8 Å². The van der Waals surface area contributed by atoms with Gasteiger partial charge in [0.1, 0.15) is 23.1 Å². The van der Waals surface area contributed by atoms with Gasteiger partial charge in [-0.3, -0.25) is 20.3 Å². The van der Waals surface area contributed by atoms with Crippen molar-refractivity contribution >= 4 is 38.6 Å². The second kappa shape index (κ2) is 9.55. The third kappa shape index (κ3) is 4.49. The van der Waals surface area contributed by atoms with Crippen LogP contribution < -0.4 is 20.3 Å². The van der Waals surface area contributed by atoms with Crippen LogP contribution in [0.4, 0.5) is 21.5 Å². The number of amides is 1. The number of halogens is 1. The van der Waals surface area contributed by atoms with Crippen LogP contribution in [0, 0.1) is 21.3 Å². The van der Waals surface area contributed by atoms with Crippen LogP contribution in [0.25, 0.3) is 0 Å². The highest BCUT2D eigenvalue weighted by atomic mass is 32.2. The highest BCUT2D eigenvalue weighted by molar-refractivity contribution is 7.94. The highest BCUT2D eigenvalue weighted by Gasteiger charge is 2.62.